The van der Waals surface area contributed by atoms with Crippen molar-refractivity contribution in [1.29, 1.82) is 0 Å². The minimum absolute atomic E-state index is 0.0125. The second kappa shape index (κ2) is 7.14. The van der Waals surface area contributed by atoms with Crippen molar-refractivity contribution in [2.75, 3.05) is 19.8 Å². The van der Waals surface area contributed by atoms with E-state index in [1.54, 1.807) is 6.07 Å². The van der Waals surface area contributed by atoms with Gasteiger partial charge in [0, 0.05) is 18.8 Å². The van der Waals surface area contributed by atoms with Gasteiger partial charge >= 0.3 is 5.97 Å². The maximum absolute atomic E-state index is 12.1. The number of hydrogen-bond acceptors (Lipinski definition) is 5. The Bertz CT molecular complexity index is 503. The van der Waals surface area contributed by atoms with Crippen LogP contribution in [0.4, 0.5) is 0 Å². The lowest BCUT2D eigenvalue weighted by molar-refractivity contribution is -0.125. The molecule has 21 heavy (non-hydrogen) atoms. The largest absolute Gasteiger partial charge is 0.477 e. The van der Waals surface area contributed by atoms with E-state index in [1.165, 1.54) is 12.3 Å². The number of carbonyl (C=O) groups is 2. The summed E-state index contributed by atoms with van der Waals surface area (Å²) in [7, 11) is 0. The van der Waals surface area contributed by atoms with Crippen LogP contribution in [0.3, 0.4) is 0 Å². The Kier molecular flexibility index (Phi) is 5.24. The minimum atomic E-state index is -1.07. The van der Waals surface area contributed by atoms with Crippen LogP contribution in [0.1, 0.15) is 23.0 Å². The van der Waals surface area contributed by atoms with E-state index in [4.69, 9.17) is 9.84 Å². The molecule has 0 aromatic carbocycles. The van der Waals surface area contributed by atoms with Crippen LogP contribution in [-0.2, 0) is 16.1 Å². The van der Waals surface area contributed by atoms with Crippen molar-refractivity contribution in [3.63, 3.8) is 0 Å². The molecule has 2 unspecified atom stereocenters. The number of ether oxygens (including phenoxy) is 1. The van der Waals surface area contributed by atoms with Crippen LogP contribution < -0.4 is 10.6 Å². The number of aromatic carboxylic acids is 1. The Hall–Kier alpha value is -1.99. The van der Waals surface area contributed by atoms with Gasteiger partial charge in [0.05, 0.1) is 19.1 Å². The topological polar surface area (TPSA) is 101 Å². The molecular formula is C14H19N3O4. The van der Waals surface area contributed by atoms with Gasteiger partial charge in [-0.1, -0.05) is 13.0 Å². The number of nitrogens with one attached hydrogen (secondary N) is 2. The van der Waals surface area contributed by atoms with Gasteiger partial charge in [-0.3, -0.25) is 4.79 Å². The monoisotopic (exact) mass is 293 g/mol. The first-order valence-electron chi connectivity index (χ1n) is 6.89. The molecule has 0 aliphatic carbocycles. The van der Waals surface area contributed by atoms with Gasteiger partial charge in [0.1, 0.15) is 5.69 Å². The average Bonchev–Trinajstić information content (AvgIpc) is 2.94. The molecule has 1 aromatic heterocycles. The number of carboxylic acid groups (broad SMARTS) is 1. The van der Waals surface area contributed by atoms with E-state index in [1.807, 2.05) is 6.92 Å². The molecule has 1 amide bonds. The predicted molar refractivity (Wildman–Crippen MR) is 74.8 cm³/mol. The van der Waals surface area contributed by atoms with Crippen molar-refractivity contribution in [2.24, 2.45) is 5.92 Å². The summed E-state index contributed by atoms with van der Waals surface area (Å²) < 4.78 is 5.34. The van der Waals surface area contributed by atoms with Crippen LogP contribution in [0.25, 0.3) is 0 Å². The molecule has 1 aliphatic heterocycles. The van der Waals surface area contributed by atoms with Gasteiger partial charge in [-0.05, 0) is 18.2 Å². The number of pyridine rings is 1. The van der Waals surface area contributed by atoms with Gasteiger partial charge in [0.25, 0.3) is 0 Å². The highest BCUT2D eigenvalue weighted by atomic mass is 16.5. The van der Waals surface area contributed by atoms with E-state index in [0.29, 0.717) is 19.8 Å². The molecular weight excluding hydrogens is 274 g/mol. The second-order valence-corrected chi connectivity index (χ2v) is 4.88. The number of likely N-dealkylation sites (N-methyl/N-ethyl adjacent to an activating group) is 1. The number of aromatic nitrogens is 1. The quantitative estimate of drug-likeness (QED) is 0.683. The number of hydrogen-bond donors (Lipinski definition) is 3. The van der Waals surface area contributed by atoms with E-state index < -0.39 is 5.97 Å². The van der Waals surface area contributed by atoms with E-state index >= 15 is 0 Å². The van der Waals surface area contributed by atoms with Gasteiger partial charge in [-0.15, -0.1) is 0 Å². The summed E-state index contributed by atoms with van der Waals surface area (Å²) in [5.41, 5.74) is 0.744. The predicted octanol–water partition coefficient (Wildman–Crippen LogP) is 0.0205. The third kappa shape index (κ3) is 3.99. The molecule has 114 valence electrons. The number of amides is 1. The number of carbonyl (C=O) groups excluding carboxylic acids is 1. The molecule has 0 radical (unpaired) electrons. The molecule has 0 spiro atoms. The van der Waals surface area contributed by atoms with E-state index in [0.717, 1.165) is 12.1 Å². The Labute approximate surface area is 122 Å². The zero-order valence-corrected chi connectivity index (χ0v) is 11.8. The minimum Gasteiger partial charge on any atom is -0.477 e. The smallest absolute Gasteiger partial charge is 0.354 e. The number of nitrogens with zero attached hydrogens (tertiary/aromatic N) is 1. The molecule has 0 bridgehead atoms. The lowest BCUT2D eigenvalue weighted by atomic mass is 10.0. The maximum atomic E-state index is 12.1. The Balaban J connectivity index is 1.87. The van der Waals surface area contributed by atoms with Crippen LogP contribution in [0.2, 0.25) is 0 Å². The fourth-order valence-electron chi connectivity index (χ4n) is 2.25. The second-order valence-electron chi connectivity index (χ2n) is 4.88. The van der Waals surface area contributed by atoms with Crippen LogP contribution in [0, 0.1) is 5.92 Å². The average molecular weight is 293 g/mol. The molecule has 7 heteroatoms. The van der Waals surface area contributed by atoms with Gasteiger partial charge in [-0.25, -0.2) is 9.78 Å². The molecule has 1 fully saturated rings. The van der Waals surface area contributed by atoms with Gasteiger partial charge < -0.3 is 20.5 Å². The Morgan fingerprint density at radius 3 is 2.86 bits per heavy atom. The normalized spacial score (nSPS) is 21.2. The standard InChI is InChI=1S/C14H19N3O4/c1-2-15-12-8-21-7-10(12)13(18)17-6-9-3-4-11(14(19)20)16-5-9/h3-5,10,12,15H,2,6-8H2,1H3,(H,17,18)(H,19,20). The first-order chi connectivity index (χ1) is 10.1. The SMILES string of the molecule is CCNC1COCC1C(=O)NCc1ccc(C(=O)O)nc1. The molecule has 1 aliphatic rings. The highest BCUT2D eigenvalue weighted by Crippen LogP contribution is 2.14. The van der Waals surface area contributed by atoms with Crippen molar-refractivity contribution in [3.05, 3.63) is 29.6 Å². The third-order valence-corrected chi connectivity index (χ3v) is 3.39. The lowest BCUT2D eigenvalue weighted by Crippen LogP contribution is -2.43. The summed E-state index contributed by atoms with van der Waals surface area (Å²) >= 11 is 0. The summed E-state index contributed by atoms with van der Waals surface area (Å²) in [6.07, 6.45) is 1.46. The first kappa shape index (κ1) is 15.4. The van der Waals surface area contributed by atoms with Crippen molar-refractivity contribution in [2.45, 2.75) is 19.5 Å². The van der Waals surface area contributed by atoms with E-state index in [9.17, 15) is 9.59 Å². The number of carboxylic acids is 1. The van der Waals surface area contributed by atoms with Crippen molar-refractivity contribution < 1.29 is 19.4 Å². The molecule has 1 aromatic rings. The van der Waals surface area contributed by atoms with Crippen LogP contribution in [0.5, 0.6) is 0 Å². The first-order valence-corrected chi connectivity index (χ1v) is 6.89. The lowest BCUT2D eigenvalue weighted by Gasteiger charge is -2.17. The zero-order chi connectivity index (χ0) is 15.2. The van der Waals surface area contributed by atoms with Gasteiger partial charge in [-0.2, -0.15) is 0 Å². The third-order valence-electron chi connectivity index (χ3n) is 3.39. The molecule has 2 rings (SSSR count). The molecule has 0 saturated carbocycles. The fourth-order valence-corrected chi connectivity index (χ4v) is 2.25. The van der Waals surface area contributed by atoms with Crippen molar-refractivity contribution in [3.8, 4) is 0 Å². The summed E-state index contributed by atoms with van der Waals surface area (Å²) in [6, 6.07) is 3.11. The van der Waals surface area contributed by atoms with Crippen molar-refractivity contribution >= 4 is 11.9 Å². The maximum Gasteiger partial charge on any atom is 0.354 e. The fraction of sp³-hybridized carbons (Fsp3) is 0.500. The molecule has 2 atom stereocenters. The Morgan fingerprint density at radius 1 is 1.43 bits per heavy atom. The van der Waals surface area contributed by atoms with E-state index in [-0.39, 0.29) is 23.6 Å². The van der Waals surface area contributed by atoms with Gasteiger partial charge in [0.2, 0.25) is 5.91 Å². The molecule has 1 saturated heterocycles. The van der Waals surface area contributed by atoms with Crippen molar-refractivity contribution in [1.82, 2.24) is 15.6 Å². The summed E-state index contributed by atoms with van der Waals surface area (Å²) in [6.45, 7) is 4.06. The molecule has 3 N–H and O–H groups in total. The van der Waals surface area contributed by atoms with Crippen LogP contribution in [0.15, 0.2) is 18.3 Å². The zero-order valence-electron chi connectivity index (χ0n) is 11.8. The van der Waals surface area contributed by atoms with Crippen LogP contribution >= 0.6 is 0 Å². The summed E-state index contributed by atoms with van der Waals surface area (Å²) in [4.78, 5) is 26.6. The van der Waals surface area contributed by atoms with Gasteiger partial charge in [0.15, 0.2) is 0 Å². The Morgan fingerprint density at radius 2 is 2.24 bits per heavy atom. The van der Waals surface area contributed by atoms with Crippen LogP contribution in [-0.4, -0.2) is 47.8 Å². The molecule has 7 nitrogen and oxygen atoms in total. The highest BCUT2D eigenvalue weighted by molar-refractivity contribution is 5.85. The highest BCUT2D eigenvalue weighted by Gasteiger charge is 2.33. The number of rotatable bonds is 6. The summed E-state index contributed by atoms with van der Waals surface area (Å²) in [5, 5.41) is 14.8. The summed E-state index contributed by atoms with van der Waals surface area (Å²) in [5.74, 6) is -1.33. The molecule has 2 heterocycles. The van der Waals surface area contributed by atoms with E-state index in [2.05, 4.69) is 15.6 Å².